The minimum Gasteiger partial charge on any atom is -0.382 e. The molecule has 1 N–H and O–H groups in total. The predicted molar refractivity (Wildman–Crippen MR) is 53.5 cm³/mol. The Bertz CT molecular complexity index is 269. The molecule has 0 heterocycles. The van der Waals surface area contributed by atoms with Crippen molar-refractivity contribution in [1.82, 2.24) is 0 Å². The Balaban J connectivity index is 2.82. The summed E-state index contributed by atoms with van der Waals surface area (Å²) in [6.45, 7) is 5.95. The summed E-state index contributed by atoms with van der Waals surface area (Å²) in [5.74, 6) is 0. The molecule has 0 aliphatic carbocycles. The maximum absolute atomic E-state index is 9.13. The van der Waals surface area contributed by atoms with Crippen LogP contribution in [-0.2, 0) is 0 Å². The highest BCUT2D eigenvalue weighted by Gasteiger charge is 2.00. The molecule has 0 saturated carbocycles. The summed E-state index contributed by atoms with van der Waals surface area (Å²) in [5.41, 5.74) is 2.25. The van der Waals surface area contributed by atoms with Crippen LogP contribution in [0.2, 0.25) is 0 Å². The van der Waals surface area contributed by atoms with E-state index in [9.17, 15) is 0 Å². The van der Waals surface area contributed by atoms with Crippen molar-refractivity contribution in [2.45, 2.75) is 31.1 Å². The van der Waals surface area contributed by atoms with Gasteiger partial charge in [0.2, 0.25) is 0 Å². The summed E-state index contributed by atoms with van der Waals surface area (Å²) < 4.78 is 0. The molecular formula is C10H14OS. The van der Waals surface area contributed by atoms with Gasteiger partial charge in [0.15, 0.2) is 0 Å². The zero-order chi connectivity index (χ0) is 9.14. The van der Waals surface area contributed by atoms with Gasteiger partial charge in [0.1, 0.15) is 5.44 Å². The van der Waals surface area contributed by atoms with Crippen LogP contribution in [0.3, 0.4) is 0 Å². The van der Waals surface area contributed by atoms with Crippen molar-refractivity contribution < 1.29 is 5.11 Å². The van der Waals surface area contributed by atoms with E-state index in [2.05, 4.69) is 26.0 Å². The van der Waals surface area contributed by atoms with Crippen LogP contribution in [0, 0.1) is 13.8 Å². The van der Waals surface area contributed by atoms with E-state index in [4.69, 9.17) is 5.11 Å². The van der Waals surface area contributed by atoms with Crippen molar-refractivity contribution in [2.24, 2.45) is 0 Å². The molecule has 0 bridgehead atoms. The molecule has 66 valence electrons. The van der Waals surface area contributed by atoms with Crippen LogP contribution < -0.4 is 0 Å². The molecule has 12 heavy (non-hydrogen) atoms. The van der Waals surface area contributed by atoms with Crippen LogP contribution in [0.25, 0.3) is 0 Å². The first-order valence-corrected chi connectivity index (χ1v) is 4.89. The van der Waals surface area contributed by atoms with Gasteiger partial charge >= 0.3 is 0 Å². The third-order valence-electron chi connectivity index (χ3n) is 1.79. The van der Waals surface area contributed by atoms with Crippen LogP contribution >= 0.6 is 11.8 Å². The van der Waals surface area contributed by atoms with Crippen molar-refractivity contribution in [3.63, 3.8) is 0 Å². The van der Waals surface area contributed by atoms with Gasteiger partial charge in [-0.1, -0.05) is 17.8 Å². The number of hydrogen-bond donors (Lipinski definition) is 1. The largest absolute Gasteiger partial charge is 0.382 e. The minimum atomic E-state index is -0.327. The normalized spacial score (nSPS) is 13.0. The molecule has 0 aliphatic rings. The second-order valence-electron chi connectivity index (χ2n) is 2.96. The maximum Gasteiger partial charge on any atom is 0.101 e. The van der Waals surface area contributed by atoms with Crippen LogP contribution in [0.1, 0.15) is 18.1 Å². The SMILES string of the molecule is Cc1ccc(SC(C)O)cc1C. The number of rotatable bonds is 2. The van der Waals surface area contributed by atoms with Crippen LogP contribution in [-0.4, -0.2) is 10.5 Å². The lowest BCUT2D eigenvalue weighted by Crippen LogP contribution is -1.91. The molecule has 1 aromatic rings. The van der Waals surface area contributed by atoms with Gasteiger partial charge in [0.25, 0.3) is 0 Å². The van der Waals surface area contributed by atoms with Crippen molar-refractivity contribution in [3.05, 3.63) is 29.3 Å². The molecule has 0 spiro atoms. The van der Waals surface area contributed by atoms with E-state index >= 15 is 0 Å². The first kappa shape index (κ1) is 9.62. The fraction of sp³-hybridized carbons (Fsp3) is 0.400. The van der Waals surface area contributed by atoms with E-state index in [-0.39, 0.29) is 5.44 Å². The second-order valence-corrected chi connectivity index (χ2v) is 4.35. The summed E-state index contributed by atoms with van der Waals surface area (Å²) in [7, 11) is 0. The lowest BCUT2D eigenvalue weighted by molar-refractivity contribution is 0.284. The smallest absolute Gasteiger partial charge is 0.101 e. The minimum absolute atomic E-state index is 0.327. The number of aliphatic hydroxyl groups is 1. The van der Waals surface area contributed by atoms with Crippen molar-refractivity contribution >= 4 is 11.8 Å². The lowest BCUT2D eigenvalue weighted by Gasteiger charge is -2.06. The summed E-state index contributed by atoms with van der Waals surface area (Å²) >= 11 is 1.48. The number of aryl methyl sites for hydroxylation is 2. The molecular weight excluding hydrogens is 168 g/mol. The van der Waals surface area contributed by atoms with Gasteiger partial charge in [0, 0.05) is 4.90 Å². The zero-order valence-electron chi connectivity index (χ0n) is 7.66. The van der Waals surface area contributed by atoms with Gasteiger partial charge in [-0.2, -0.15) is 0 Å². The highest BCUT2D eigenvalue weighted by atomic mass is 32.2. The monoisotopic (exact) mass is 182 g/mol. The van der Waals surface area contributed by atoms with Crippen LogP contribution in [0.4, 0.5) is 0 Å². The van der Waals surface area contributed by atoms with E-state index in [1.54, 1.807) is 6.92 Å². The first-order chi connectivity index (χ1) is 5.59. The van der Waals surface area contributed by atoms with Gasteiger partial charge in [-0.3, -0.25) is 0 Å². The van der Waals surface area contributed by atoms with Gasteiger partial charge in [-0.15, -0.1) is 0 Å². The number of aliphatic hydroxyl groups excluding tert-OH is 1. The van der Waals surface area contributed by atoms with Crippen LogP contribution in [0.15, 0.2) is 23.1 Å². The molecule has 1 rings (SSSR count). The molecule has 1 atom stereocenters. The Kier molecular flexibility index (Phi) is 3.18. The molecule has 0 aromatic heterocycles. The average molecular weight is 182 g/mol. The fourth-order valence-electron chi connectivity index (χ4n) is 0.984. The molecule has 1 unspecified atom stereocenters. The third-order valence-corrected chi connectivity index (χ3v) is 2.65. The van der Waals surface area contributed by atoms with E-state index < -0.39 is 0 Å². The first-order valence-electron chi connectivity index (χ1n) is 4.01. The highest BCUT2D eigenvalue weighted by Crippen LogP contribution is 2.23. The molecule has 0 fully saturated rings. The van der Waals surface area contributed by atoms with Gasteiger partial charge in [-0.05, 0) is 44.0 Å². The number of thioether (sulfide) groups is 1. The molecule has 0 aliphatic heterocycles. The van der Waals surface area contributed by atoms with Crippen molar-refractivity contribution in [2.75, 3.05) is 0 Å². The third kappa shape index (κ3) is 2.54. The van der Waals surface area contributed by atoms with Crippen LogP contribution in [0.5, 0.6) is 0 Å². The Hall–Kier alpha value is -0.470. The molecule has 0 amide bonds. The predicted octanol–water partition coefficient (Wildman–Crippen LogP) is 2.73. The molecule has 0 saturated heterocycles. The Morgan fingerprint density at radius 2 is 1.92 bits per heavy atom. The molecule has 2 heteroatoms. The highest BCUT2D eigenvalue weighted by molar-refractivity contribution is 7.99. The van der Waals surface area contributed by atoms with E-state index in [1.807, 2.05) is 6.07 Å². The van der Waals surface area contributed by atoms with E-state index in [0.717, 1.165) is 4.90 Å². The summed E-state index contributed by atoms with van der Waals surface area (Å²) in [4.78, 5) is 1.13. The van der Waals surface area contributed by atoms with Gasteiger partial charge in [-0.25, -0.2) is 0 Å². The molecule has 0 radical (unpaired) electrons. The van der Waals surface area contributed by atoms with E-state index in [0.29, 0.717) is 0 Å². The average Bonchev–Trinajstić information content (AvgIpc) is 1.96. The Morgan fingerprint density at radius 1 is 1.25 bits per heavy atom. The maximum atomic E-state index is 9.13. The summed E-state index contributed by atoms with van der Waals surface area (Å²) in [5, 5.41) is 9.13. The summed E-state index contributed by atoms with van der Waals surface area (Å²) in [6, 6.07) is 6.23. The van der Waals surface area contributed by atoms with Gasteiger partial charge < -0.3 is 5.11 Å². The lowest BCUT2D eigenvalue weighted by atomic mass is 10.1. The number of hydrogen-bond acceptors (Lipinski definition) is 2. The Morgan fingerprint density at radius 3 is 2.42 bits per heavy atom. The zero-order valence-corrected chi connectivity index (χ0v) is 8.48. The van der Waals surface area contributed by atoms with E-state index in [1.165, 1.54) is 22.9 Å². The quantitative estimate of drug-likeness (QED) is 0.560. The molecule has 1 nitrogen and oxygen atoms in total. The van der Waals surface area contributed by atoms with Crippen molar-refractivity contribution in [1.29, 1.82) is 0 Å². The van der Waals surface area contributed by atoms with Gasteiger partial charge in [0.05, 0.1) is 0 Å². The standard InChI is InChI=1S/C10H14OS/c1-7-4-5-10(6-8(7)2)12-9(3)11/h4-6,9,11H,1-3H3. The fourth-order valence-corrected chi connectivity index (χ4v) is 1.77. The molecule has 1 aromatic carbocycles. The summed E-state index contributed by atoms with van der Waals surface area (Å²) in [6.07, 6.45) is 0. The number of benzene rings is 1. The topological polar surface area (TPSA) is 20.2 Å². The second kappa shape index (κ2) is 3.97. The van der Waals surface area contributed by atoms with Crippen molar-refractivity contribution in [3.8, 4) is 0 Å². The Labute approximate surface area is 77.8 Å².